The summed E-state index contributed by atoms with van der Waals surface area (Å²) in [5.74, 6) is 1.72. The summed E-state index contributed by atoms with van der Waals surface area (Å²) in [6, 6.07) is 7.39. The van der Waals surface area contributed by atoms with Crippen molar-refractivity contribution in [3.8, 4) is 17.2 Å². The quantitative estimate of drug-likeness (QED) is 0.342. The SMILES string of the molecule is O=CCc1cc(I)c(Oc2cc(I)c(O)cc2I)c(I)c1. The molecular weight excluding hydrogens is 724 g/mol. The summed E-state index contributed by atoms with van der Waals surface area (Å²) < 4.78 is 9.50. The minimum atomic E-state index is 0.248. The molecule has 0 bridgehead atoms. The van der Waals surface area contributed by atoms with E-state index in [1.165, 1.54) is 0 Å². The predicted octanol–water partition coefficient (Wildman–Crippen LogP) is 5.34. The molecule has 0 aliphatic carbocycles. The van der Waals surface area contributed by atoms with E-state index >= 15 is 0 Å². The van der Waals surface area contributed by atoms with E-state index in [0.717, 1.165) is 31.9 Å². The molecule has 0 saturated heterocycles. The zero-order valence-electron chi connectivity index (χ0n) is 10.4. The average Bonchev–Trinajstić information content (AvgIpc) is 2.40. The molecule has 0 radical (unpaired) electrons. The Morgan fingerprint density at radius 2 is 1.57 bits per heavy atom. The highest BCUT2D eigenvalue weighted by Crippen LogP contribution is 2.37. The molecule has 0 amide bonds. The van der Waals surface area contributed by atoms with Gasteiger partial charge in [-0.1, -0.05) is 0 Å². The van der Waals surface area contributed by atoms with Gasteiger partial charge in [0.15, 0.2) is 5.75 Å². The van der Waals surface area contributed by atoms with Crippen LogP contribution >= 0.6 is 90.4 Å². The zero-order chi connectivity index (χ0) is 15.6. The molecule has 0 aliphatic rings. The maximum absolute atomic E-state index is 10.6. The third-order valence-electron chi connectivity index (χ3n) is 2.59. The van der Waals surface area contributed by atoms with Gasteiger partial charge in [-0.05, 0) is 120 Å². The predicted molar refractivity (Wildman–Crippen MR) is 115 cm³/mol. The average molecular weight is 732 g/mol. The van der Waals surface area contributed by atoms with Crippen LogP contribution in [-0.4, -0.2) is 11.4 Å². The summed E-state index contributed by atoms with van der Waals surface area (Å²) in [6.07, 6.45) is 1.30. The smallest absolute Gasteiger partial charge is 0.154 e. The molecular formula is C14H8I4O3. The lowest BCUT2D eigenvalue weighted by Crippen LogP contribution is -1.96. The van der Waals surface area contributed by atoms with Crippen LogP contribution in [0, 0.1) is 14.3 Å². The molecule has 0 heterocycles. The van der Waals surface area contributed by atoms with E-state index in [2.05, 4.69) is 90.4 Å². The van der Waals surface area contributed by atoms with Crippen LogP contribution in [0.5, 0.6) is 17.2 Å². The minimum Gasteiger partial charge on any atom is -0.507 e. The number of benzene rings is 2. The first-order chi connectivity index (χ1) is 9.92. The molecule has 2 aromatic rings. The number of rotatable bonds is 4. The van der Waals surface area contributed by atoms with Crippen LogP contribution in [0.4, 0.5) is 0 Å². The molecule has 2 rings (SSSR count). The Kier molecular flexibility index (Phi) is 6.80. The Labute approximate surface area is 176 Å². The number of hydrogen-bond donors (Lipinski definition) is 1. The van der Waals surface area contributed by atoms with Gasteiger partial charge in [0.25, 0.3) is 0 Å². The maximum atomic E-state index is 10.6. The van der Waals surface area contributed by atoms with Crippen molar-refractivity contribution in [2.45, 2.75) is 6.42 Å². The Bertz CT molecular complexity index is 678. The molecule has 3 nitrogen and oxygen atoms in total. The van der Waals surface area contributed by atoms with Crippen LogP contribution in [0.3, 0.4) is 0 Å². The summed E-state index contributed by atoms with van der Waals surface area (Å²) in [5, 5.41) is 9.69. The molecule has 0 saturated carbocycles. The van der Waals surface area contributed by atoms with Crippen LogP contribution in [0.15, 0.2) is 24.3 Å². The fourth-order valence-electron chi connectivity index (χ4n) is 1.63. The van der Waals surface area contributed by atoms with Crippen LogP contribution in [-0.2, 0) is 11.2 Å². The number of carbonyl (C=O) groups is 1. The lowest BCUT2D eigenvalue weighted by Gasteiger charge is -2.13. The van der Waals surface area contributed by atoms with Crippen LogP contribution < -0.4 is 4.74 Å². The van der Waals surface area contributed by atoms with E-state index in [1.54, 1.807) is 6.07 Å². The number of phenols is 1. The van der Waals surface area contributed by atoms with Crippen molar-refractivity contribution in [1.29, 1.82) is 0 Å². The summed E-state index contributed by atoms with van der Waals surface area (Å²) in [4.78, 5) is 10.6. The highest BCUT2D eigenvalue weighted by Gasteiger charge is 2.13. The topological polar surface area (TPSA) is 46.5 Å². The molecule has 2 aromatic carbocycles. The Morgan fingerprint density at radius 3 is 2.14 bits per heavy atom. The first-order valence-electron chi connectivity index (χ1n) is 5.69. The highest BCUT2D eigenvalue weighted by molar-refractivity contribution is 14.1. The summed E-state index contributed by atoms with van der Waals surface area (Å²) in [6.45, 7) is 0. The molecule has 0 aromatic heterocycles. The van der Waals surface area contributed by atoms with Crippen LogP contribution in [0.25, 0.3) is 0 Å². The van der Waals surface area contributed by atoms with Crippen molar-refractivity contribution < 1.29 is 14.6 Å². The number of aldehydes is 1. The third kappa shape index (κ3) is 4.56. The molecule has 0 atom stereocenters. The van der Waals surface area contributed by atoms with Gasteiger partial charge in [-0.2, -0.15) is 0 Å². The third-order valence-corrected chi connectivity index (χ3v) is 5.90. The van der Waals surface area contributed by atoms with E-state index in [0.29, 0.717) is 12.2 Å². The van der Waals surface area contributed by atoms with Crippen LogP contribution in [0.1, 0.15) is 5.56 Å². The van der Waals surface area contributed by atoms with Crippen molar-refractivity contribution in [3.63, 3.8) is 0 Å². The zero-order valence-corrected chi connectivity index (χ0v) is 19.0. The maximum Gasteiger partial charge on any atom is 0.154 e. The fraction of sp³-hybridized carbons (Fsp3) is 0.0714. The number of hydrogen-bond acceptors (Lipinski definition) is 3. The molecule has 0 fully saturated rings. The lowest BCUT2D eigenvalue weighted by atomic mass is 10.2. The van der Waals surface area contributed by atoms with Gasteiger partial charge in [-0.3, -0.25) is 0 Å². The van der Waals surface area contributed by atoms with Crippen molar-refractivity contribution in [1.82, 2.24) is 0 Å². The first kappa shape index (κ1) is 18.0. The van der Waals surface area contributed by atoms with Crippen molar-refractivity contribution in [2.75, 3.05) is 0 Å². The van der Waals surface area contributed by atoms with Gasteiger partial charge in [0.2, 0.25) is 0 Å². The van der Waals surface area contributed by atoms with Gasteiger partial charge >= 0.3 is 0 Å². The van der Waals surface area contributed by atoms with E-state index in [4.69, 9.17) is 4.74 Å². The van der Waals surface area contributed by atoms with Crippen molar-refractivity contribution >= 4 is 96.6 Å². The Balaban J connectivity index is 2.40. The van der Waals surface area contributed by atoms with Gasteiger partial charge < -0.3 is 14.6 Å². The second kappa shape index (κ2) is 7.95. The summed E-state index contributed by atoms with van der Waals surface area (Å²) in [7, 11) is 0. The Hall–Kier alpha value is 0.630. The van der Waals surface area contributed by atoms with E-state index in [9.17, 15) is 9.90 Å². The molecule has 0 unspecified atom stereocenters. The molecule has 7 heteroatoms. The number of ether oxygens (including phenoxy) is 1. The standard InChI is InChI=1S/C14H8I4O3/c15-8-6-13(9(16)5-12(8)20)21-14-10(17)3-7(1-2-19)4-11(14)18/h2-6,20H,1H2. The highest BCUT2D eigenvalue weighted by atomic mass is 127. The number of aromatic hydroxyl groups is 1. The minimum absolute atomic E-state index is 0.248. The fourth-order valence-corrected chi connectivity index (χ4v) is 4.75. The second-order valence-corrected chi connectivity index (χ2v) is 8.74. The first-order valence-corrected chi connectivity index (χ1v) is 10.0. The van der Waals surface area contributed by atoms with Crippen LogP contribution in [0.2, 0.25) is 0 Å². The number of halogens is 4. The van der Waals surface area contributed by atoms with Crippen molar-refractivity contribution in [2.24, 2.45) is 0 Å². The van der Waals surface area contributed by atoms with Gasteiger partial charge in [-0.25, -0.2) is 0 Å². The van der Waals surface area contributed by atoms with E-state index < -0.39 is 0 Å². The molecule has 1 N–H and O–H groups in total. The lowest BCUT2D eigenvalue weighted by molar-refractivity contribution is -0.107. The second-order valence-electron chi connectivity index (χ2n) is 4.10. The largest absolute Gasteiger partial charge is 0.507 e. The van der Waals surface area contributed by atoms with E-state index in [-0.39, 0.29) is 5.75 Å². The summed E-state index contributed by atoms with van der Waals surface area (Å²) >= 11 is 8.61. The Morgan fingerprint density at radius 1 is 0.952 bits per heavy atom. The van der Waals surface area contributed by atoms with Gasteiger partial charge in [0.05, 0.1) is 14.3 Å². The van der Waals surface area contributed by atoms with Gasteiger partial charge in [0, 0.05) is 6.42 Å². The number of phenolic OH excluding ortho intramolecular Hbond substituents is 1. The number of carbonyl (C=O) groups excluding carboxylic acids is 1. The molecule has 21 heavy (non-hydrogen) atoms. The summed E-state index contributed by atoms with van der Waals surface area (Å²) in [5.41, 5.74) is 0.973. The molecule has 0 aliphatic heterocycles. The normalized spacial score (nSPS) is 10.5. The van der Waals surface area contributed by atoms with Crippen molar-refractivity contribution in [3.05, 3.63) is 44.1 Å². The van der Waals surface area contributed by atoms with E-state index in [1.807, 2.05) is 18.2 Å². The molecule has 0 spiro atoms. The molecule has 110 valence electrons. The van der Waals surface area contributed by atoms with Gasteiger partial charge in [0.1, 0.15) is 17.8 Å². The van der Waals surface area contributed by atoms with Gasteiger partial charge in [-0.15, -0.1) is 0 Å². The monoisotopic (exact) mass is 732 g/mol.